The number of imide groups is 1. The summed E-state index contributed by atoms with van der Waals surface area (Å²) in [6, 6.07) is 7.03. The monoisotopic (exact) mass is 230 g/mol. The lowest BCUT2D eigenvalue weighted by atomic mass is 10.1. The van der Waals surface area contributed by atoms with Crippen LogP contribution in [0.25, 0.3) is 0 Å². The van der Waals surface area contributed by atoms with Crippen LogP contribution in [0.4, 0.5) is 0 Å². The van der Waals surface area contributed by atoms with E-state index >= 15 is 0 Å². The predicted octanol–water partition coefficient (Wildman–Crippen LogP) is 1.34. The Morgan fingerprint density at radius 3 is 2.00 bits per heavy atom. The van der Waals surface area contributed by atoms with E-state index in [0.29, 0.717) is 17.8 Å². The summed E-state index contributed by atoms with van der Waals surface area (Å²) >= 11 is 0. The molecule has 2 aliphatic rings. The summed E-state index contributed by atoms with van der Waals surface area (Å²) in [6.45, 7) is 2.40. The van der Waals surface area contributed by atoms with Gasteiger partial charge in [0, 0.05) is 0 Å². The van der Waals surface area contributed by atoms with E-state index in [1.165, 1.54) is 4.90 Å². The van der Waals surface area contributed by atoms with Crippen LogP contribution in [-0.4, -0.2) is 41.4 Å². The number of carbonyl (C=O) groups excluding carboxylic acids is 2. The minimum atomic E-state index is -0.155. The third-order valence-corrected chi connectivity index (χ3v) is 3.42. The molecule has 1 fully saturated rings. The summed E-state index contributed by atoms with van der Waals surface area (Å²) in [7, 11) is 0. The van der Waals surface area contributed by atoms with Crippen molar-refractivity contribution in [2.45, 2.75) is 12.8 Å². The van der Waals surface area contributed by atoms with Crippen LogP contribution in [0, 0.1) is 0 Å². The molecule has 0 unspecified atom stereocenters. The number of nitrogens with zero attached hydrogens (tertiary/aromatic N) is 2. The minimum Gasteiger partial charge on any atom is -0.286 e. The van der Waals surface area contributed by atoms with Crippen molar-refractivity contribution >= 4 is 11.8 Å². The van der Waals surface area contributed by atoms with Crippen LogP contribution in [0.2, 0.25) is 0 Å². The number of carbonyl (C=O) groups is 2. The lowest BCUT2D eigenvalue weighted by Crippen LogP contribution is -2.39. The molecule has 0 aromatic heterocycles. The van der Waals surface area contributed by atoms with Gasteiger partial charge in [0.25, 0.3) is 11.8 Å². The van der Waals surface area contributed by atoms with E-state index in [0.717, 1.165) is 25.9 Å². The van der Waals surface area contributed by atoms with Crippen molar-refractivity contribution in [2.75, 3.05) is 19.8 Å². The van der Waals surface area contributed by atoms with Gasteiger partial charge in [-0.15, -0.1) is 0 Å². The highest BCUT2D eigenvalue weighted by Gasteiger charge is 2.36. The summed E-state index contributed by atoms with van der Waals surface area (Å²) < 4.78 is 0. The first-order valence-electron chi connectivity index (χ1n) is 5.95. The number of rotatable bonds is 2. The van der Waals surface area contributed by atoms with E-state index < -0.39 is 0 Å². The zero-order valence-electron chi connectivity index (χ0n) is 9.56. The molecule has 1 saturated heterocycles. The van der Waals surface area contributed by atoms with Gasteiger partial charge in [-0.25, -0.2) is 0 Å². The maximum absolute atomic E-state index is 12.1. The van der Waals surface area contributed by atoms with Gasteiger partial charge in [-0.05, 0) is 38.1 Å². The molecular weight excluding hydrogens is 216 g/mol. The Balaban J connectivity index is 1.84. The fourth-order valence-corrected chi connectivity index (χ4v) is 2.49. The van der Waals surface area contributed by atoms with Gasteiger partial charge in [-0.3, -0.25) is 19.4 Å². The number of amides is 2. The van der Waals surface area contributed by atoms with E-state index in [2.05, 4.69) is 4.90 Å². The average Bonchev–Trinajstić information content (AvgIpc) is 2.94. The van der Waals surface area contributed by atoms with Crippen LogP contribution in [0.15, 0.2) is 24.3 Å². The molecule has 0 aliphatic carbocycles. The fourth-order valence-electron chi connectivity index (χ4n) is 2.49. The number of hydrogen-bond acceptors (Lipinski definition) is 3. The molecule has 1 aromatic carbocycles. The molecular formula is C13H14N2O2. The van der Waals surface area contributed by atoms with Gasteiger partial charge in [0.05, 0.1) is 17.8 Å². The van der Waals surface area contributed by atoms with E-state index in [1.54, 1.807) is 24.3 Å². The van der Waals surface area contributed by atoms with Gasteiger partial charge in [0.2, 0.25) is 0 Å². The first-order chi connectivity index (χ1) is 8.27. The highest BCUT2D eigenvalue weighted by atomic mass is 16.2. The number of benzene rings is 1. The maximum Gasteiger partial charge on any atom is 0.262 e. The van der Waals surface area contributed by atoms with Gasteiger partial charge in [0.1, 0.15) is 0 Å². The molecule has 2 amide bonds. The van der Waals surface area contributed by atoms with Crippen molar-refractivity contribution < 1.29 is 9.59 Å². The predicted molar refractivity (Wildman–Crippen MR) is 62.6 cm³/mol. The van der Waals surface area contributed by atoms with Gasteiger partial charge in [-0.1, -0.05) is 12.1 Å². The van der Waals surface area contributed by atoms with Crippen molar-refractivity contribution in [1.82, 2.24) is 9.80 Å². The molecule has 0 saturated carbocycles. The molecule has 0 bridgehead atoms. The van der Waals surface area contributed by atoms with Crippen LogP contribution in [0.5, 0.6) is 0 Å². The second-order valence-electron chi connectivity index (χ2n) is 4.55. The van der Waals surface area contributed by atoms with Gasteiger partial charge in [0.15, 0.2) is 0 Å². The van der Waals surface area contributed by atoms with Crippen LogP contribution < -0.4 is 0 Å². The summed E-state index contributed by atoms with van der Waals surface area (Å²) in [5.41, 5.74) is 1.08. The number of likely N-dealkylation sites (tertiary alicyclic amines) is 1. The Labute approximate surface area is 99.8 Å². The molecule has 4 heteroatoms. The first-order valence-corrected chi connectivity index (χ1v) is 5.95. The molecule has 1 aromatic rings. The molecule has 0 N–H and O–H groups in total. The minimum absolute atomic E-state index is 0.155. The van der Waals surface area contributed by atoms with Crippen LogP contribution in [0.3, 0.4) is 0 Å². The fraction of sp³-hybridized carbons (Fsp3) is 0.385. The zero-order valence-corrected chi connectivity index (χ0v) is 9.56. The smallest absolute Gasteiger partial charge is 0.262 e. The third-order valence-electron chi connectivity index (χ3n) is 3.42. The summed E-state index contributed by atoms with van der Waals surface area (Å²) in [4.78, 5) is 27.7. The Morgan fingerprint density at radius 1 is 0.941 bits per heavy atom. The number of fused-ring (bicyclic) bond motifs is 1. The zero-order chi connectivity index (χ0) is 11.8. The molecule has 2 heterocycles. The third kappa shape index (κ3) is 1.65. The Hall–Kier alpha value is -1.68. The maximum atomic E-state index is 12.1. The van der Waals surface area contributed by atoms with Crippen LogP contribution in [-0.2, 0) is 0 Å². The lowest BCUT2D eigenvalue weighted by Gasteiger charge is -2.21. The number of hydrogen-bond donors (Lipinski definition) is 0. The Bertz CT molecular complexity index is 443. The summed E-state index contributed by atoms with van der Waals surface area (Å²) in [5, 5.41) is 0. The first kappa shape index (κ1) is 10.5. The highest BCUT2D eigenvalue weighted by molar-refractivity contribution is 6.21. The molecule has 0 atom stereocenters. The molecule has 17 heavy (non-hydrogen) atoms. The Kier molecular flexibility index (Phi) is 2.44. The van der Waals surface area contributed by atoms with Gasteiger partial charge < -0.3 is 0 Å². The van der Waals surface area contributed by atoms with E-state index in [1.807, 2.05) is 0 Å². The second kappa shape index (κ2) is 3.96. The summed E-state index contributed by atoms with van der Waals surface area (Å²) in [5.74, 6) is -0.310. The van der Waals surface area contributed by atoms with Crippen molar-refractivity contribution in [3.8, 4) is 0 Å². The van der Waals surface area contributed by atoms with Gasteiger partial charge >= 0.3 is 0 Å². The van der Waals surface area contributed by atoms with Crippen molar-refractivity contribution in [3.05, 3.63) is 35.4 Å². The topological polar surface area (TPSA) is 40.6 Å². The molecule has 3 rings (SSSR count). The normalized spacial score (nSPS) is 20.1. The molecule has 0 radical (unpaired) electrons. The van der Waals surface area contributed by atoms with Crippen molar-refractivity contribution in [1.29, 1.82) is 0 Å². The molecule has 88 valence electrons. The van der Waals surface area contributed by atoms with E-state index in [-0.39, 0.29) is 11.8 Å². The Morgan fingerprint density at radius 2 is 1.47 bits per heavy atom. The molecule has 2 aliphatic heterocycles. The quantitative estimate of drug-likeness (QED) is 0.720. The van der Waals surface area contributed by atoms with Crippen molar-refractivity contribution in [2.24, 2.45) is 0 Å². The summed E-state index contributed by atoms with van der Waals surface area (Å²) in [6.07, 6.45) is 2.31. The van der Waals surface area contributed by atoms with Crippen molar-refractivity contribution in [3.63, 3.8) is 0 Å². The average molecular weight is 230 g/mol. The second-order valence-corrected chi connectivity index (χ2v) is 4.55. The van der Waals surface area contributed by atoms with E-state index in [4.69, 9.17) is 0 Å². The van der Waals surface area contributed by atoms with Crippen LogP contribution >= 0.6 is 0 Å². The highest BCUT2D eigenvalue weighted by Crippen LogP contribution is 2.23. The largest absolute Gasteiger partial charge is 0.286 e. The van der Waals surface area contributed by atoms with E-state index in [9.17, 15) is 9.59 Å². The molecule has 4 nitrogen and oxygen atoms in total. The van der Waals surface area contributed by atoms with Crippen LogP contribution in [0.1, 0.15) is 33.6 Å². The lowest BCUT2D eigenvalue weighted by molar-refractivity contribution is 0.0564. The standard InChI is InChI=1S/C13H14N2O2/c16-12-10-5-1-2-6-11(10)13(17)15(12)9-14-7-3-4-8-14/h1-2,5-6H,3-4,7-9H2. The molecule has 0 spiro atoms. The van der Waals surface area contributed by atoms with Gasteiger partial charge in [-0.2, -0.15) is 0 Å². The SMILES string of the molecule is O=C1c2ccccc2C(=O)N1CN1CCCC1.